The number of hydrogen-bond donors (Lipinski definition) is 1. The van der Waals surface area contributed by atoms with Crippen LogP contribution in [0.25, 0.3) is 0 Å². The number of rotatable bonds is 2. The highest BCUT2D eigenvalue weighted by molar-refractivity contribution is 5.56. The summed E-state index contributed by atoms with van der Waals surface area (Å²) in [6.45, 7) is 3.57. The molecule has 0 spiro atoms. The van der Waals surface area contributed by atoms with Crippen LogP contribution in [-0.2, 0) is 0 Å². The lowest BCUT2D eigenvalue weighted by atomic mass is 10.0. The molecule has 0 aliphatic heterocycles. The highest BCUT2D eigenvalue weighted by atomic mass is 16.6. The molecular weight excluding hydrogens is 206 g/mol. The third-order valence-corrected chi connectivity index (χ3v) is 2.11. The van der Waals surface area contributed by atoms with Crippen molar-refractivity contribution in [3.05, 3.63) is 38.9 Å². The molecule has 0 bridgehead atoms. The van der Waals surface area contributed by atoms with Gasteiger partial charge in [-0.25, -0.2) is 0 Å². The molecule has 1 N–H and O–H groups in total. The van der Waals surface area contributed by atoms with E-state index in [0.29, 0.717) is 12.0 Å². The summed E-state index contributed by atoms with van der Waals surface area (Å²) in [7, 11) is 0. The quantitative estimate of drug-likeness (QED) is 0.469. The van der Waals surface area contributed by atoms with Crippen molar-refractivity contribution in [2.75, 3.05) is 6.61 Å². The monoisotopic (exact) mass is 219 g/mol. The first-order chi connectivity index (χ1) is 7.56. The molecule has 0 saturated heterocycles. The number of aliphatic hydroxyl groups is 1. The Balaban J connectivity index is 3.26. The third-order valence-electron chi connectivity index (χ3n) is 2.11. The summed E-state index contributed by atoms with van der Waals surface area (Å²) in [6.07, 6.45) is 0.324. The molecular formula is C12H13NO3. The number of hydrogen-bond acceptors (Lipinski definition) is 3. The molecule has 0 aliphatic rings. The van der Waals surface area contributed by atoms with Crippen LogP contribution < -0.4 is 0 Å². The topological polar surface area (TPSA) is 63.4 Å². The van der Waals surface area contributed by atoms with Crippen molar-refractivity contribution in [1.29, 1.82) is 0 Å². The zero-order valence-electron chi connectivity index (χ0n) is 9.28. The summed E-state index contributed by atoms with van der Waals surface area (Å²) < 4.78 is 0. The van der Waals surface area contributed by atoms with Crippen molar-refractivity contribution >= 4 is 5.69 Å². The second-order valence-electron chi connectivity index (χ2n) is 3.51. The minimum absolute atomic E-state index is 0.0305. The predicted octanol–water partition coefficient (Wildman–Crippen LogP) is 1.95. The van der Waals surface area contributed by atoms with Crippen molar-refractivity contribution in [2.45, 2.75) is 20.3 Å². The van der Waals surface area contributed by atoms with E-state index in [4.69, 9.17) is 5.11 Å². The standard InChI is InChI=1S/C12H13NO3/c1-9-7-10(2)11(5-3-4-6-14)12(8-9)13(15)16/h7-8,14H,4,6H2,1-2H3. The average Bonchev–Trinajstić information content (AvgIpc) is 2.20. The fourth-order valence-electron chi connectivity index (χ4n) is 1.46. The molecule has 0 unspecified atom stereocenters. The highest BCUT2D eigenvalue weighted by Gasteiger charge is 2.14. The third kappa shape index (κ3) is 2.81. The van der Waals surface area contributed by atoms with Crippen molar-refractivity contribution in [3.8, 4) is 11.8 Å². The second-order valence-corrected chi connectivity index (χ2v) is 3.51. The fraction of sp³-hybridized carbons (Fsp3) is 0.333. The summed E-state index contributed by atoms with van der Waals surface area (Å²) in [4.78, 5) is 10.4. The molecule has 0 heterocycles. The molecule has 0 aliphatic carbocycles. The van der Waals surface area contributed by atoms with Gasteiger partial charge in [-0.05, 0) is 25.0 Å². The van der Waals surface area contributed by atoms with E-state index in [2.05, 4.69) is 11.8 Å². The van der Waals surface area contributed by atoms with Gasteiger partial charge in [-0.2, -0.15) is 0 Å². The molecule has 16 heavy (non-hydrogen) atoms. The summed E-state index contributed by atoms with van der Waals surface area (Å²) in [5, 5.41) is 19.4. The molecule has 1 rings (SSSR count). The Kier molecular flexibility index (Phi) is 4.03. The van der Waals surface area contributed by atoms with Gasteiger partial charge in [-0.15, -0.1) is 0 Å². The summed E-state index contributed by atoms with van der Waals surface area (Å²) >= 11 is 0. The van der Waals surface area contributed by atoms with Gasteiger partial charge in [-0.1, -0.05) is 17.9 Å². The lowest BCUT2D eigenvalue weighted by Gasteiger charge is -2.02. The molecule has 84 valence electrons. The first kappa shape index (κ1) is 12.2. The van der Waals surface area contributed by atoms with E-state index in [1.807, 2.05) is 13.0 Å². The van der Waals surface area contributed by atoms with Crippen LogP contribution in [0.4, 0.5) is 5.69 Å². The number of aliphatic hydroxyl groups excluding tert-OH is 1. The maximum atomic E-state index is 10.8. The zero-order chi connectivity index (χ0) is 12.1. The van der Waals surface area contributed by atoms with Gasteiger partial charge in [0, 0.05) is 12.5 Å². The number of benzene rings is 1. The first-order valence-corrected chi connectivity index (χ1v) is 4.91. The SMILES string of the molecule is Cc1cc(C)c(C#CCCO)c([N+](=O)[O-])c1. The number of nitro benzene ring substituents is 1. The Hall–Kier alpha value is -1.86. The van der Waals surface area contributed by atoms with Gasteiger partial charge in [0.05, 0.1) is 11.5 Å². The lowest BCUT2D eigenvalue weighted by Crippen LogP contribution is -1.96. The van der Waals surface area contributed by atoms with E-state index in [1.54, 1.807) is 6.92 Å². The van der Waals surface area contributed by atoms with Gasteiger partial charge in [-0.3, -0.25) is 10.1 Å². The maximum Gasteiger partial charge on any atom is 0.285 e. The largest absolute Gasteiger partial charge is 0.395 e. The maximum absolute atomic E-state index is 10.8. The van der Waals surface area contributed by atoms with E-state index in [0.717, 1.165) is 11.1 Å². The van der Waals surface area contributed by atoms with Gasteiger partial charge in [0.15, 0.2) is 0 Å². The van der Waals surface area contributed by atoms with Crippen LogP contribution in [0.3, 0.4) is 0 Å². The Morgan fingerprint density at radius 2 is 2.12 bits per heavy atom. The van der Waals surface area contributed by atoms with Crippen LogP contribution in [-0.4, -0.2) is 16.6 Å². The average molecular weight is 219 g/mol. The number of nitro groups is 1. The molecule has 1 aromatic carbocycles. The van der Waals surface area contributed by atoms with Crippen LogP contribution in [0.5, 0.6) is 0 Å². The normalized spacial score (nSPS) is 9.44. The molecule has 0 fully saturated rings. The Morgan fingerprint density at radius 3 is 2.69 bits per heavy atom. The van der Waals surface area contributed by atoms with Crippen molar-refractivity contribution in [3.63, 3.8) is 0 Å². The minimum Gasteiger partial charge on any atom is -0.395 e. The molecule has 1 aromatic rings. The molecule has 0 saturated carbocycles. The van der Waals surface area contributed by atoms with Crippen LogP contribution in [0, 0.1) is 35.8 Å². The van der Waals surface area contributed by atoms with Crippen molar-refractivity contribution < 1.29 is 10.0 Å². The van der Waals surface area contributed by atoms with Crippen LogP contribution in [0.2, 0.25) is 0 Å². The lowest BCUT2D eigenvalue weighted by molar-refractivity contribution is -0.385. The van der Waals surface area contributed by atoms with E-state index in [-0.39, 0.29) is 12.3 Å². The first-order valence-electron chi connectivity index (χ1n) is 4.91. The fourth-order valence-corrected chi connectivity index (χ4v) is 1.46. The van der Waals surface area contributed by atoms with Gasteiger partial charge in [0.2, 0.25) is 0 Å². The summed E-state index contributed by atoms with van der Waals surface area (Å²) in [5.74, 6) is 5.44. The van der Waals surface area contributed by atoms with Gasteiger partial charge < -0.3 is 5.11 Å². The Labute approximate surface area is 94.1 Å². The minimum atomic E-state index is -0.428. The van der Waals surface area contributed by atoms with Crippen LogP contribution >= 0.6 is 0 Å². The zero-order valence-corrected chi connectivity index (χ0v) is 9.28. The molecule has 0 radical (unpaired) electrons. The Morgan fingerprint density at radius 1 is 1.44 bits per heavy atom. The van der Waals surface area contributed by atoms with Gasteiger partial charge in [0.25, 0.3) is 5.69 Å². The molecule has 0 amide bonds. The molecule has 0 aromatic heterocycles. The van der Waals surface area contributed by atoms with E-state index < -0.39 is 4.92 Å². The molecule has 4 nitrogen and oxygen atoms in total. The number of nitrogens with zero attached hydrogens (tertiary/aromatic N) is 1. The smallest absolute Gasteiger partial charge is 0.285 e. The van der Waals surface area contributed by atoms with Gasteiger partial charge >= 0.3 is 0 Å². The van der Waals surface area contributed by atoms with Crippen LogP contribution in [0.15, 0.2) is 12.1 Å². The summed E-state index contributed by atoms with van der Waals surface area (Å²) in [5.41, 5.74) is 2.10. The van der Waals surface area contributed by atoms with Crippen LogP contribution in [0.1, 0.15) is 23.1 Å². The number of aryl methyl sites for hydroxylation is 2. The van der Waals surface area contributed by atoms with E-state index >= 15 is 0 Å². The highest BCUT2D eigenvalue weighted by Crippen LogP contribution is 2.23. The van der Waals surface area contributed by atoms with Crippen molar-refractivity contribution in [1.82, 2.24) is 0 Å². The van der Waals surface area contributed by atoms with Gasteiger partial charge in [0.1, 0.15) is 5.56 Å². The molecule has 0 atom stereocenters. The predicted molar refractivity (Wildman–Crippen MR) is 61.2 cm³/mol. The summed E-state index contributed by atoms with van der Waals surface area (Å²) in [6, 6.07) is 3.37. The Bertz CT molecular complexity index is 469. The van der Waals surface area contributed by atoms with Crippen molar-refractivity contribution in [2.24, 2.45) is 0 Å². The molecule has 4 heteroatoms. The van der Waals surface area contributed by atoms with E-state index in [1.165, 1.54) is 6.07 Å². The van der Waals surface area contributed by atoms with E-state index in [9.17, 15) is 10.1 Å². The second kappa shape index (κ2) is 5.29.